The number of aromatic nitrogens is 2. The van der Waals surface area contributed by atoms with E-state index in [0.29, 0.717) is 12.1 Å². The molecule has 124 valence electrons. The molecule has 0 bridgehead atoms. The lowest BCUT2D eigenvalue weighted by molar-refractivity contribution is -0.137. The zero-order valence-corrected chi connectivity index (χ0v) is 14.1. The van der Waals surface area contributed by atoms with E-state index in [4.69, 9.17) is 5.11 Å². The Morgan fingerprint density at radius 2 is 1.95 bits per heavy atom. The normalized spacial score (nSPS) is 11.7. The number of carbonyl (C=O) groups is 2. The second-order valence-electron chi connectivity index (χ2n) is 6.32. The molecule has 1 aromatic rings. The molecular weight excluding hydrogens is 282 g/mol. The van der Waals surface area contributed by atoms with Crippen molar-refractivity contribution in [3.05, 3.63) is 17.5 Å². The summed E-state index contributed by atoms with van der Waals surface area (Å²) in [7, 11) is 0. The lowest BCUT2D eigenvalue weighted by Crippen LogP contribution is -2.44. The van der Waals surface area contributed by atoms with Crippen LogP contribution in [0.3, 0.4) is 0 Å². The van der Waals surface area contributed by atoms with E-state index in [9.17, 15) is 9.59 Å². The summed E-state index contributed by atoms with van der Waals surface area (Å²) in [6.45, 7) is 9.68. The van der Waals surface area contributed by atoms with E-state index in [1.807, 2.05) is 20.8 Å². The summed E-state index contributed by atoms with van der Waals surface area (Å²) in [4.78, 5) is 23.3. The van der Waals surface area contributed by atoms with E-state index in [-0.39, 0.29) is 18.4 Å². The average Bonchev–Trinajstić information content (AvgIpc) is 2.80. The second-order valence-corrected chi connectivity index (χ2v) is 6.32. The summed E-state index contributed by atoms with van der Waals surface area (Å²) in [5.41, 5.74) is 0.766. The number of nitrogens with zero attached hydrogens (tertiary/aromatic N) is 2. The minimum atomic E-state index is -0.861. The van der Waals surface area contributed by atoms with E-state index < -0.39 is 11.5 Å². The summed E-state index contributed by atoms with van der Waals surface area (Å²) < 4.78 is 1.79. The molecule has 0 unspecified atom stereocenters. The van der Waals surface area contributed by atoms with Gasteiger partial charge in [0.2, 0.25) is 0 Å². The smallest absolute Gasteiger partial charge is 0.303 e. The number of hydrogen-bond donors (Lipinski definition) is 2. The van der Waals surface area contributed by atoms with Crippen LogP contribution in [0.1, 0.15) is 75.6 Å². The van der Waals surface area contributed by atoms with Crippen molar-refractivity contribution in [2.24, 2.45) is 0 Å². The number of hydrogen-bond acceptors (Lipinski definition) is 3. The van der Waals surface area contributed by atoms with Crippen molar-refractivity contribution < 1.29 is 14.7 Å². The first-order valence-corrected chi connectivity index (χ1v) is 7.80. The Labute approximate surface area is 131 Å². The Kier molecular flexibility index (Phi) is 6.14. The van der Waals surface area contributed by atoms with E-state index >= 15 is 0 Å². The highest BCUT2D eigenvalue weighted by Gasteiger charge is 2.25. The van der Waals surface area contributed by atoms with Crippen molar-refractivity contribution in [2.45, 2.75) is 71.9 Å². The zero-order valence-electron chi connectivity index (χ0n) is 14.1. The van der Waals surface area contributed by atoms with Crippen molar-refractivity contribution in [3.63, 3.8) is 0 Å². The molecule has 0 aliphatic carbocycles. The van der Waals surface area contributed by atoms with E-state index in [1.165, 1.54) is 0 Å². The number of amides is 1. The largest absolute Gasteiger partial charge is 0.481 e. The van der Waals surface area contributed by atoms with Gasteiger partial charge in [-0.25, -0.2) is 0 Å². The molecule has 1 rings (SSSR count). The van der Waals surface area contributed by atoms with Crippen molar-refractivity contribution in [1.82, 2.24) is 15.1 Å². The Hall–Kier alpha value is -1.85. The zero-order chi connectivity index (χ0) is 16.9. The fourth-order valence-corrected chi connectivity index (χ4v) is 2.45. The number of nitrogens with one attached hydrogen (secondary N) is 1. The van der Waals surface area contributed by atoms with Crippen LogP contribution in [0.15, 0.2) is 6.07 Å². The van der Waals surface area contributed by atoms with Crippen LogP contribution in [-0.2, 0) is 4.79 Å². The molecule has 2 N–H and O–H groups in total. The first-order chi connectivity index (χ1) is 10.2. The van der Waals surface area contributed by atoms with E-state index in [0.717, 1.165) is 18.5 Å². The van der Waals surface area contributed by atoms with E-state index in [1.54, 1.807) is 10.7 Å². The van der Waals surface area contributed by atoms with Gasteiger partial charge in [-0.2, -0.15) is 5.10 Å². The fourth-order valence-electron chi connectivity index (χ4n) is 2.45. The van der Waals surface area contributed by atoms with Crippen LogP contribution in [0.2, 0.25) is 0 Å². The molecule has 0 fully saturated rings. The first-order valence-electron chi connectivity index (χ1n) is 7.80. The molecule has 0 radical (unpaired) electrons. The van der Waals surface area contributed by atoms with Gasteiger partial charge >= 0.3 is 5.97 Å². The minimum Gasteiger partial charge on any atom is -0.481 e. The predicted octanol–water partition coefficient (Wildman–Crippen LogP) is 2.93. The summed E-state index contributed by atoms with van der Waals surface area (Å²) >= 11 is 0. The highest BCUT2D eigenvalue weighted by molar-refractivity contribution is 5.93. The molecule has 1 aromatic heterocycles. The predicted molar refractivity (Wildman–Crippen MR) is 85.0 cm³/mol. The molecule has 0 spiro atoms. The molecule has 0 atom stereocenters. The monoisotopic (exact) mass is 309 g/mol. The van der Waals surface area contributed by atoms with Crippen molar-refractivity contribution in [1.29, 1.82) is 0 Å². The van der Waals surface area contributed by atoms with Gasteiger partial charge in [0, 0.05) is 12.0 Å². The van der Waals surface area contributed by atoms with Gasteiger partial charge in [-0.05, 0) is 46.1 Å². The van der Waals surface area contributed by atoms with Gasteiger partial charge in [-0.3, -0.25) is 14.3 Å². The maximum absolute atomic E-state index is 12.6. The topological polar surface area (TPSA) is 84.2 Å². The summed E-state index contributed by atoms with van der Waals surface area (Å²) in [6.07, 6.45) is 2.21. The molecule has 1 amide bonds. The van der Waals surface area contributed by atoms with Gasteiger partial charge < -0.3 is 10.4 Å². The minimum absolute atomic E-state index is 0.0259. The van der Waals surface area contributed by atoms with Crippen LogP contribution in [0.4, 0.5) is 0 Å². The number of carboxylic acid groups (broad SMARTS) is 1. The Balaban J connectivity index is 2.91. The van der Waals surface area contributed by atoms with Crippen molar-refractivity contribution >= 4 is 11.9 Å². The highest BCUT2D eigenvalue weighted by Crippen LogP contribution is 2.20. The number of carbonyl (C=O) groups excluding carboxylic acids is 1. The third-order valence-corrected chi connectivity index (χ3v) is 3.79. The van der Waals surface area contributed by atoms with Gasteiger partial charge in [0.15, 0.2) is 0 Å². The molecule has 0 aliphatic heterocycles. The maximum atomic E-state index is 12.6. The average molecular weight is 309 g/mol. The molecule has 0 aliphatic rings. The van der Waals surface area contributed by atoms with Crippen LogP contribution in [-0.4, -0.2) is 32.3 Å². The van der Waals surface area contributed by atoms with Gasteiger partial charge in [-0.1, -0.05) is 13.8 Å². The lowest BCUT2D eigenvalue weighted by atomic mass is 9.98. The standard InChI is InChI=1S/C16H27N3O3/c1-6-12(7-2)19-13(10-11(3)18-19)15(22)17-16(4,5)9-8-14(20)21/h10,12H,6-9H2,1-5H3,(H,17,22)(H,20,21). The van der Waals surface area contributed by atoms with Gasteiger partial charge in [0.05, 0.1) is 11.7 Å². The summed E-state index contributed by atoms with van der Waals surface area (Å²) in [5.74, 6) is -1.07. The van der Waals surface area contributed by atoms with Crippen LogP contribution in [0.25, 0.3) is 0 Å². The SMILES string of the molecule is CCC(CC)n1nc(C)cc1C(=O)NC(C)(C)CCC(=O)O. The molecule has 22 heavy (non-hydrogen) atoms. The number of rotatable bonds is 8. The molecule has 6 heteroatoms. The fraction of sp³-hybridized carbons (Fsp3) is 0.688. The quantitative estimate of drug-likeness (QED) is 0.773. The van der Waals surface area contributed by atoms with Crippen LogP contribution >= 0.6 is 0 Å². The van der Waals surface area contributed by atoms with E-state index in [2.05, 4.69) is 24.3 Å². The van der Waals surface area contributed by atoms with Gasteiger partial charge in [0.25, 0.3) is 5.91 Å². The molecule has 0 aromatic carbocycles. The Morgan fingerprint density at radius 1 is 1.36 bits per heavy atom. The number of aryl methyl sites for hydroxylation is 1. The van der Waals surface area contributed by atoms with Gasteiger partial charge in [-0.15, -0.1) is 0 Å². The molecular formula is C16H27N3O3. The van der Waals surface area contributed by atoms with Crippen LogP contribution in [0.5, 0.6) is 0 Å². The van der Waals surface area contributed by atoms with Crippen molar-refractivity contribution in [2.75, 3.05) is 0 Å². The maximum Gasteiger partial charge on any atom is 0.303 e. The van der Waals surface area contributed by atoms with Crippen LogP contribution in [0, 0.1) is 6.92 Å². The molecule has 1 heterocycles. The highest BCUT2D eigenvalue weighted by atomic mass is 16.4. The summed E-state index contributed by atoms with van der Waals surface area (Å²) in [6, 6.07) is 1.97. The van der Waals surface area contributed by atoms with Crippen molar-refractivity contribution in [3.8, 4) is 0 Å². The first kappa shape index (κ1) is 18.2. The third-order valence-electron chi connectivity index (χ3n) is 3.79. The lowest BCUT2D eigenvalue weighted by Gasteiger charge is -2.26. The Bertz CT molecular complexity index is 531. The summed E-state index contributed by atoms with van der Waals surface area (Å²) in [5, 5.41) is 16.1. The van der Waals surface area contributed by atoms with Crippen LogP contribution < -0.4 is 5.32 Å². The third kappa shape index (κ3) is 4.86. The molecule has 6 nitrogen and oxygen atoms in total. The number of carboxylic acids is 1. The molecule has 0 saturated heterocycles. The Morgan fingerprint density at radius 3 is 2.45 bits per heavy atom. The second kappa shape index (κ2) is 7.42. The van der Waals surface area contributed by atoms with Gasteiger partial charge in [0.1, 0.15) is 5.69 Å². The molecule has 0 saturated carbocycles. The number of aliphatic carboxylic acids is 1.